The zero-order valence-corrected chi connectivity index (χ0v) is 16.6. The quantitative estimate of drug-likeness (QED) is 0.795. The molecular weight excluding hydrogens is 350 g/mol. The van der Waals surface area contributed by atoms with E-state index in [4.69, 9.17) is 25.8 Å². The van der Waals surface area contributed by atoms with E-state index in [1.807, 2.05) is 32.9 Å². The average molecular weight is 376 g/mol. The van der Waals surface area contributed by atoms with Crippen LogP contribution in [-0.2, 0) is 6.42 Å². The minimum Gasteiger partial charge on any atom is -0.496 e. The number of aryl methyl sites for hydroxylation is 1. The van der Waals surface area contributed by atoms with Crippen molar-refractivity contribution in [2.24, 2.45) is 0 Å². The van der Waals surface area contributed by atoms with Crippen molar-refractivity contribution >= 4 is 11.6 Å². The number of rotatable bonds is 6. The third kappa shape index (κ3) is 3.62. The number of nitrogens with one attached hydrogen (secondary N) is 1. The van der Waals surface area contributed by atoms with Crippen LogP contribution in [0.4, 0.5) is 0 Å². The van der Waals surface area contributed by atoms with Gasteiger partial charge >= 0.3 is 0 Å². The Labute approximate surface area is 160 Å². The Bertz CT molecular complexity index is 791. The molecule has 5 heteroatoms. The predicted molar refractivity (Wildman–Crippen MR) is 105 cm³/mol. The van der Waals surface area contributed by atoms with Crippen molar-refractivity contribution in [1.29, 1.82) is 0 Å². The summed E-state index contributed by atoms with van der Waals surface area (Å²) in [7, 11) is 1.69. The number of hydrogen-bond acceptors (Lipinski definition) is 4. The molecule has 1 aliphatic rings. The van der Waals surface area contributed by atoms with Crippen molar-refractivity contribution in [3.8, 4) is 17.2 Å². The normalized spacial score (nSPS) is 16.1. The van der Waals surface area contributed by atoms with Crippen LogP contribution >= 0.6 is 11.6 Å². The van der Waals surface area contributed by atoms with Gasteiger partial charge in [0.1, 0.15) is 5.75 Å². The summed E-state index contributed by atoms with van der Waals surface area (Å²) in [6, 6.07) is 8.19. The lowest BCUT2D eigenvalue weighted by Gasteiger charge is -2.30. The molecule has 2 aromatic rings. The van der Waals surface area contributed by atoms with Crippen molar-refractivity contribution in [2.75, 3.05) is 26.9 Å². The first-order chi connectivity index (χ1) is 12.6. The van der Waals surface area contributed by atoms with Crippen molar-refractivity contribution in [1.82, 2.24) is 5.32 Å². The fourth-order valence-corrected chi connectivity index (χ4v) is 3.62. The summed E-state index contributed by atoms with van der Waals surface area (Å²) in [5.74, 6) is 2.42. The maximum atomic E-state index is 6.41. The molecule has 0 saturated carbocycles. The largest absolute Gasteiger partial charge is 0.496 e. The minimum absolute atomic E-state index is 0.00156. The summed E-state index contributed by atoms with van der Waals surface area (Å²) in [5.41, 5.74) is 4.49. The van der Waals surface area contributed by atoms with E-state index in [1.54, 1.807) is 7.11 Å². The molecule has 26 heavy (non-hydrogen) atoms. The van der Waals surface area contributed by atoms with Gasteiger partial charge in [0.05, 0.1) is 26.4 Å². The topological polar surface area (TPSA) is 39.7 Å². The van der Waals surface area contributed by atoms with E-state index in [-0.39, 0.29) is 6.04 Å². The van der Waals surface area contributed by atoms with Crippen LogP contribution in [0.1, 0.15) is 42.1 Å². The highest BCUT2D eigenvalue weighted by Crippen LogP contribution is 2.41. The zero-order chi connectivity index (χ0) is 18.7. The third-order valence-corrected chi connectivity index (χ3v) is 5.09. The maximum absolute atomic E-state index is 6.41. The molecule has 1 unspecified atom stereocenters. The number of methoxy groups -OCH3 is 1. The lowest BCUT2D eigenvalue weighted by molar-refractivity contribution is 0.286. The van der Waals surface area contributed by atoms with Crippen molar-refractivity contribution < 1.29 is 14.2 Å². The van der Waals surface area contributed by atoms with Gasteiger partial charge in [-0.2, -0.15) is 0 Å². The second kappa shape index (κ2) is 8.19. The van der Waals surface area contributed by atoms with Crippen LogP contribution in [-0.4, -0.2) is 26.9 Å². The third-order valence-electron chi connectivity index (χ3n) is 4.68. The Morgan fingerprint density at radius 2 is 1.69 bits per heavy atom. The van der Waals surface area contributed by atoms with E-state index in [1.165, 1.54) is 11.1 Å². The van der Waals surface area contributed by atoms with Crippen LogP contribution in [0.5, 0.6) is 17.2 Å². The number of fused-ring (bicyclic) bond motifs is 1. The number of ether oxygens (including phenoxy) is 3. The average Bonchev–Trinajstić information content (AvgIpc) is 2.64. The SMILES string of the molecule is CCOc1cc2c(cc1OCC)C(c1cc(Cl)c(C)cc1OC)NCC2. The zero-order valence-electron chi connectivity index (χ0n) is 15.8. The highest BCUT2D eigenvalue weighted by Gasteiger charge is 2.27. The fourth-order valence-electron chi connectivity index (χ4n) is 3.45. The molecule has 140 valence electrons. The van der Waals surface area contributed by atoms with E-state index < -0.39 is 0 Å². The summed E-state index contributed by atoms with van der Waals surface area (Å²) in [6.07, 6.45) is 0.945. The molecule has 1 N–H and O–H groups in total. The molecule has 0 amide bonds. The molecule has 0 aliphatic carbocycles. The van der Waals surface area contributed by atoms with Crippen LogP contribution in [0.15, 0.2) is 24.3 Å². The van der Waals surface area contributed by atoms with Gasteiger partial charge in [0.25, 0.3) is 0 Å². The van der Waals surface area contributed by atoms with Crippen LogP contribution in [0, 0.1) is 6.92 Å². The first kappa shape index (κ1) is 18.9. The molecule has 1 atom stereocenters. The highest BCUT2D eigenvalue weighted by atomic mass is 35.5. The standard InChI is InChI=1S/C21H26ClNO3/c1-5-25-19-10-14-7-8-23-21(15(14)12-20(19)26-6-2)16-11-17(22)13(3)9-18(16)24-4/h9-12,21,23H,5-8H2,1-4H3. The molecule has 1 aliphatic heterocycles. The lowest BCUT2D eigenvalue weighted by Crippen LogP contribution is -2.31. The first-order valence-electron chi connectivity index (χ1n) is 9.08. The molecule has 3 rings (SSSR count). The maximum Gasteiger partial charge on any atom is 0.161 e. The number of halogens is 1. The first-order valence-corrected chi connectivity index (χ1v) is 9.46. The highest BCUT2D eigenvalue weighted by molar-refractivity contribution is 6.31. The molecule has 0 bridgehead atoms. The van der Waals surface area contributed by atoms with Crippen molar-refractivity contribution in [3.05, 3.63) is 51.5 Å². The smallest absolute Gasteiger partial charge is 0.161 e. The summed E-state index contributed by atoms with van der Waals surface area (Å²) < 4.78 is 17.2. The molecule has 0 radical (unpaired) electrons. The fraction of sp³-hybridized carbons (Fsp3) is 0.429. The van der Waals surface area contributed by atoms with E-state index >= 15 is 0 Å². The van der Waals surface area contributed by atoms with Gasteiger partial charge in [-0.3, -0.25) is 0 Å². The van der Waals surface area contributed by atoms with Crippen LogP contribution in [0.3, 0.4) is 0 Å². The minimum atomic E-state index is 0.00156. The van der Waals surface area contributed by atoms with E-state index in [2.05, 4.69) is 17.4 Å². The molecule has 0 aromatic heterocycles. The second-order valence-corrected chi connectivity index (χ2v) is 6.75. The molecular formula is C21H26ClNO3. The summed E-state index contributed by atoms with van der Waals surface area (Å²) in [4.78, 5) is 0. The summed E-state index contributed by atoms with van der Waals surface area (Å²) in [5, 5.41) is 4.34. The Hall–Kier alpha value is -1.91. The van der Waals surface area contributed by atoms with Crippen LogP contribution < -0.4 is 19.5 Å². The monoisotopic (exact) mass is 375 g/mol. The number of benzene rings is 2. The summed E-state index contributed by atoms with van der Waals surface area (Å²) >= 11 is 6.41. The van der Waals surface area contributed by atoms with Crippen molar-refractivity contribution in [2.45, 2.75) is 33.2 Å². The van der Waals surface area contributed by atoms with Gasteiger partial charge in [0.15, 0.2) is 11.5 Å². The molecule has 0 saturated heterocycles. The molecule has 1 heterocycles. The van der Waals surface area contributed by atoms with Gasteiger partial charge in [0.2, 0.25) is 0 Å². The summed E-state index contributed by atoms with van der Waals surface area (Å²) in [6.45, 7) is 8.04. The molecule has 4 nitrogen and oxygen atoms in total. The Morgan fingerprint density at radius 3 is 2.35 bits per heavy atom. The Balaban J connectivity index is 2.11. The van der Waals surface area contributed by atoms with Gasteiger partial charge in [0, 0.05) is 17.1 Å². The molecule has 0 spiro atoms. The van der Waals surface area contributed by atoms with Gasteiger partial charge in [-0.15, -0.1) is 0 Å². The predicted octanol–water partition coefficient (Wildman–Crippen LogP) is 4.69. The Morgan fingerprint density at radius 1 is 1.00 bits per heavy atom. The Kier molecular flexibility index (Phi) is 5.94. The van der Waals surface area contributed by atoms with Crippen molar-refractivity contribution in [3.63, 3.8) is 0 Å². The van der Waals surface area contributed by atoms with Gasteiger partial charge in [-0.05, 0) is 68.1 Å². The van der Waals surface area contributed by atoms with Gasteiger partial charge in [-0.25, -0.2) is 0 Å². The number of hydrogen-bond donors (Lipinski definition) is 1. The van der Waals surface area contributed by atoms with Crippen LogP contribution in [0.25, 0.3) is 0 Å². The van der Waals surface area contributed by atoms with Gasteiger partial charge in [-0.1, -0.05) is 11.6 Å². The van der Waals surface area contributed by atoms with E-state index in [0.717, 1.165) is 46.4 Å². The molecule has 0 fully saturated rings. The lowest BCUT2D eigenvalue weighted by atomic mass is 9.88. The van der Waals surface area contributed by atoms with Gasteiger partial charge < -0.3 is 19.5 Å². The molecule has 2 aromatic carbocycles. The van der Waals surface area contributed by atoms with E-state index in [9.17, 15) is 0 Å². The second-order valence-electron chi connectivity index (χ2n) is 6.34. The van der Waals surface area contributed by atoms with Crippen LogP contribution in [0.2, 0.25) is 5.02 Å². The van der Waals surface area contributed by atoms with E-state index in [0.29, 0.717) is 13.2 Å².